The fraction of sp³-hybridized carbons (Fsp3) is 0. The first kappa shape index (κ1) is 72.8. The molecule has 10 aromatic heterocycles. The van der Waals surface area contributed by atoms with Gasteiger partial charge in [-0.2, -0.15) is 0 Å². The Balaban J connectivity index is -0.000000402. The molecule has 0 N–H and O–H groups in total. The van der Waals surface area contributed by atoms with Crippen LogP contribution in [0, 0.1) is 0 Å². The Bertz CT molecular complexity index is 2400. The summed E-state index contributed by atoms with van der Waals surface area (Å²) in [6.45, 7) is 0. The van der Waals surface area contributed by atoms with E-state index in [0.717, 1.165) is 68.3 Å². The number of hydrogen-bond donors (Lipinski definition) is 0. The second kappa shape index (κ2) is 41.8. The van der Waals surface area contributed by atoms with Crippen LogP contribution in [0.2, 0.25) is 0 Å². The molecule has 0 aromatic carbocycles. The summed E-state index contributed by atoms with van der Waals surface area (Å²) in [4.78, 5) is 51.4. The van der Waals surface area contributed by atoms with Gasteiger partial charge in [-0.25, -0.2) is 0 Å². The maximum absolute atomic E-state index is 4.36. The maximum Gasteiger partial charge on any atom is 3.00 e. The average molecular weight is 1730 g/mol. The van der Waals surface area contributed by atoms with Crippen LogP contribution in [-0.2, 0) is 59.1 Å². The van der Waals surface area contributed by atoms with Crippen molar-refractivity contribution in [3.8, 4) is 68.3 Å². The van der Waals surface area contributed by atoms with E-state index >= 15 is 0 Å². The molecule has 0 aliphatic heterocycles. The SMILES string of the molecule is [Br-].[Br-].[Br-].[Br-].[Br-].[Cl-].[Cl-].[Os+2].[Os+2].[Rh+3].c1ccc(-c2ccccn2)nc1.c1ccc(-c2ccccn2)nc1.c1ccc(-c2nccnc2-c2ccccn2)nc1.c1ccc(-c2nccnc2-c2ccccn2)nc1. The zero-order chi connectivity index (χ0) is 40.9. The van der Waals surface area contributed by atoms with Crippen molar-refractivity contribution in [3.63, 3.8) is 0 Å². The van der Waals surface area contributed by atoms with Gasteiger partial charge < -0.3 is 110 Å². The van der Waals surface area contributed by atoms with Crippen molar-refractivity contribution in [2.75, 3.05) is 0 Å². The zero-order valence-electron chi connectivity index (χ0n) is 35.8. The minimum Gasteiger partial charge on any atom is -1.00 e. The molecule has 0 spiro atoms. The van der Waals surface area contributed by atoms with Gasteiger partial charge in [0, 0.05) is 74.4 Å². The fourth-order valence-corrected chi connectivity index (χ4v) is 5.49. The molecular weight excluding hydrogens is 1700 g/mol. The van der Waals surface area contributed by atoms with E-state index < -0.39 is 0 Å². The van der Waals surface area contributed by atoms with E-state index in [-0.39, 0.29) is 169 Å². The van der Waals surface area contributed by atoms with Gasteiger partial charge in [0.1, 0.15) is 22.8 Å². The molecule has 0 saturated carbocycles. The molecule has 0 atom stereocenters. The predicted molar refractivity (Wildman–Crippen MR) is 232 cm³/mol. The Morgan fingerprint density at radius 3 is 0.457 bits per heavy atom. The van der Waals surface area contributed by atoms with E-state index in [9.17, 15) is 0 Å². The molecule has 0 bridgehead atoms. The monoisotopic (exact) mass is 1730 g/mol. The van der Waals surface area contributed by atoms with Gasteiger partial charge in [-0.05, 0) is 97.1 Å². The standard InChI is InChI=1S/2C14H10N4.2C10H8N2.5BrH.2ClH.2Os.Rh/c2*1-3-7-15-11(5-1)13-14(18-10-9-17-13)12-6-2-4-8-16-12;2*1-3-7-11-9(5-1)10-6-2-4-8-12-10;;;;;;;;;;/h2*1-10H;2*1-8H;7*1H;;;/q;;;;;;;;;;;2*+2;+3/p-7. The van der Waals surface area contributed by atoms with Gasteiger partial charge in [0.15, 0.2) is 0 Å². The molecule has 0 saturated heterocycles. The Morgan fingerprint density at radius 2 is 0.329 bits per heavy atom. The maximum atomic E-state index is 4.36. The quantitative estimate of drug-likeness (QED) is 0.146. The van der Waals surface area contributed by atoms with Gasteiger partial charge in [0.05, 0.1) is 45.6 Å². The third-order valence-corrected chi connectivity index (χ3v) is 8.21. The predicted octanol–water partition coefficient (Wildman–Crippen LogP) is -11.5. The minimum atomic E-state index is 0. The van der Waals surface area contributed by atoms with Crippen LogP contribution in [-0.4, -0.2) is 59.8 Å². The number of nitrogens with zero attached hydrogens (tertiary/aromatic N) is 12. The molecule has 70 heavy (non-hydrogen) atoms. The summed E-state index contributed by atoms with van der Waals surface area (Å²) in [5.41, 5.74) is 9.84. The molecule has 10 aromatic rings. The van der Waals surface area contributed by atoms with E-state index in [2.05, 4.69) is 59.8 Å². The van der Waals surface area contributed by atoms with Crippen LogP contribution in [0.25, 0.3) is 68.3 Å². The van der Waals surface area contributed by atoms with Gasteiger partial charge in [-0.15, -0.1) is 0 Å². The van der Waals surface area contributed by atoms with Crippen molar-refractivity contribution < 1.29 is 169 Å². The second-order valence-corrected chi connectivity index (χ2v) is 12.2. The molecule has 0 radical (unpaired) electrons. The summed E-state index contributed by atoms with van der Waals surface area (Å²) >= 11 is 0. The van der Waals surface area contributed by atoms with Crippen LogP contribution in [0.3, 0.4) is 0 Å². The molecule has 0 unspecified atom stereocenters. The molecule has 0 aliphatic rings. The van der Waals surface area contributed by atoms with Gasteiger partial charge in [-0.3, -0.25) is 59.8 Å². The zero-order valence-corrected chi connectivity index (χ0v) is 52.0. The third-order valence-electron chi connectivity index (χ3n) is 8.21. The summed E-state index contributed by atoms with van der Waals surface area (Å²) in [5.74, 6) is 0. The molecule has 0 fully saturated rings. The van der Waals surface area contributed by atoms with E-state index in [1.807, 2.05) is 146 Å². The summed E-state index contributed by atoms with van der Waals surface area (Å²) in [5, 5.41) is 0. The Kier molecular flexibility index (Phi) is 43.5. The van der Waals surface area contributed by atoms with E-state index in [1.54, 1.807) is 74.4 Å². The largest absolute Gasteiger partial charge is 3.00 e. The Labute approximate surface area is 511 Å². The van der Waals surface area contributed by atoms with Crippen molar-refractivity contribution in [1.82, 2.24) is 59.8 Å². The van der Waals surface area contributed by atoms with Gasteiger partial charge >= 0.3 is 59.1 Å². The summed E-state index contributed by atoms with van der Waals surface area (Å²) < 4.78 is 0. The van der Waals surface area contributed by atoms with Crippen LogP contribution < -0.4 is 110 Å². The van der Waals surface area contributed by atoms with Crippen LogP contribution in [0.5, 0.6) is 0 Å². The topological polar surface area (TPSA) is 155 Å². The average Bonchev–Trinajstić information content (AvgIpc) is 3.37. The van der Waals surface area contributed by atoms with Crippen LogP contribution in [0.4, 0.5) is 0 Å². The molecule has 22 heteroatoms. The fourth-order valence-electron chi connectivity index (χ4n) is 5.49. The number of pyridine rings is 8. The van der Waals surface area contributed by atoms with Crippen LogP contribution in [0.1, 0.15) is 0 Å². The number of halogens is 7. The smallest absolute Gasteiger partial charge is 1.00 e. The molecule has 362 valence electrons. The first-order chi connectivity index (χ1) is 29.8. The van der Waals surface area contributed by atoms with Gasteiger partial charge in [0.2, 0.25) is 0 Å². The molecule has 0 amide bonds. The van der Waals surface area contributed by atoms with E-state index in [0.29, 0.717) is 0 Å². The van der Waals surface area contributed by atoms with Crippen molar-refractivity contribution in [2.45, 2.75) is 0 Å². The van der Waals surface area contributed by atoms with Crippen molar-refractivity contribution in [3.05, 3.63) is 220 Å². The Morgan fingerprint density at radius 1 is 0.186 bits per heavy atom. The second-order valence-electron chi connectivity index (χ2n) is 12.2. The van der Waals surface area contributed by atoms with Crippen LogP contribution >= 0.6 is 0 Å². The number of hydrogen-bond acceptors (Lipinski definition) is 12. The van der Waals surface area contributed by atoms with Crippen molar-refractivity contribution >= 4 is 0 Å². The summed E-state index contributed by atoms with van der Waals surface area (Å²) in [6, 6.07) is 46.1. The van der Waals surface area contributed by atoms with Gasteiger partial charge in [0.25, 0.3) is 0 Å². The molecule has 10 rings (SSSR count). The number of aromatic nitrogens is 12. The summed E-state index contributed by atoms with van der Waals surface area (Å²) in [6.07, 6.45) is 20.7. The molecular formula is C48H36Br5Cl2N12Os2Rh. The molecule has 12 nitrogen and oxygen atoms in total. The Hall–Kier alpha value is -3.76. The van der Waals surface area contributed by atoms with E-state index in [4.69, 9.17) is 0 Å². The first-order valence-corrected chi connectivity index (χ1v) is 18.8. The van der Waals surface area contributed by atoms with Crippen LogP contribution in [0.15, 0.2) is 220 Å². The van der Waals surface area contributed by atoms with Crippen molar-refractivity contribution in [1.29, 1.82) is 0 Å². The molecule has 0 aliphatic carbocycles. The normalized spacial score (nSPS) is 8.57. The minimum absolute atomic E-state index is 0. The van der Waals surface area contributed by atoms with E-state index in [1.165, 1.54) is 0 Å². The number of rotatable bonds is 6. The third kappa shape index (κ3) is 22.8. The molecule has 10 heterocycles. The summed E-state index contributed by atoms with van der Waals surface area (Å²) in [7, 11) is 0. The van der Waals surface area contributed by atoms with Gasteiger partial charge in [-0.1, -0.05) is 48.5 Å². The van der Waals surface area contributed by atoms with Crippen molar-refractivity contribution in [2.24, 2.45) is 0 Å². The first-order valence-electron chi connectivity index (χ1n) is 18.8.